The fourth-order valence-corrected chi connectivity index (χ4v) is 4.65. The van der Waals surface area contributed by atoms with Gasteiger partial charge in [-0.1, -0.05) is 29.5 Å². The lowest BCUT2D eigenvalue weighted by Crippen LogP contribution is -2.36. The molecule has 0 unspecified atom stereocenters. The molecule has 1 aliphatic carbocycles. The van der Waals surface area contributed by atoms with Crippen LogP contribution in [0.4, 0.5) is 10.3 Å². The van der Waals surface area contributed by atoms with Crippen LogP contribution >= 0.6 is 11.3 Å². The molecule has 8 nitrogen and oxygen atoms in total. The Morgan fingerprint density at radius 3 is 2.50 bits per heavy atom. The third-order valence-electron chi connectivity index (χ3n) is 6.12. The maximum Gasteiger partial charge on any atom is 0.257 e. The van der Waals surface area contributed by atoms with Gasteiger partial charge in [-0.15, -0.1) is 10.2 Å². The molecule has 3 aromatic rings. The normalized spacial score (nSPS) is 15.7. The molecule has 176 valence electrons. The summed E-state index contributed by atoms with van der Waals surface area (Å²) in [5.74, 6) is 0.365. The summed E-state index contributed by atoms with van der Waals surface area (Å²) in [6.45, 7) is 5.63. The average molecular weight is 478 g/mol. The van der Waals surface area contributed by atoms with E-state index >= 15 is 0 Å². The monoisotopic (exact) mass is 477 g/mol. The number of benzene rings is 2. The molecule has 2 heterocycles. The van der Waals surface area contributed by atoms with Crippen molar-refractivity contribution >= 4 is 33.4 Å². The molecular weight excluding hydrogens is 450 g/mol. The largest absolute Gasteiger partial charge is 0.378 e. The molecule has 2 amide bonds. The van der Waals surface area contributed by atoms with Gasteiger partial charge in [-0.3, -0.25) is 14.9 Å². The van der Waals surface area contributed by atoms with Crippen molar-refractivity contribution in [2.75, 3.05) is 43.1 Å². The molecule has 1 saturated heterocycles. The van der Waals surface area contributed by atoms with Crippen LogP contribution in [0.2, 0.25) is 0 Å². The molecule has 9 heteroatoms. The number of anilines is 2. The zero-order chi connectivity index (χ0) is 23.5. The second-order valence-electron chi connectivity index (χ2n) is 8.70. The summed E-state index contributed by atoms with van der Waals surface area (Å²) < 4.78 is 5.37. The van der Waals surface area contributed by atoms with Crippen molar-refractivity contribution in [3.63, 3.8) is 0 Å². The van der Waals surface area contributed by atoms with E-state index in [4.69, 9.17) is 4.74 Å². The van der Waals surface area contributed by atoms with Crippen LogP contribution in [0.5, 0.6) is 0 Å². The summed E-state index contributed by atoms with van der Waals surface area (Å²) in [4.78, 5) is 27.3. The van der Waals surface area contributed by atoms with Crippen molar-refractivity contribution in [2.24, 2.45) is 5.92 Å². The summed E-state index contributed by atoms with van der Waals surface area (Å²) >= 11 is 1.36. The fourth-order valence-electron chi connectivity index (χ4n) is 3.85. The molecule has 2 aliphatic rings. The zero-order valence-electron chi connectivity index (χ0n) is 19.0. The van der Waals surface area contributed by atoms with Gasteiger partial charge in [0.2, 0.25) is 10.3 Å². The van der Waals surface area contributed by atoms with E-state index in [0.717, 1.165) is 41.5 Å². The van der Waals surface area contributed by atoms with Gasteiger partial charge < -0.3 is 15.0 Å². The highest BCUT2D eigenvalue weighted by Gasteiger charge is 2.22. The maximum absolute atomic E-state index is 12.9. The second-order valence-corrected chi connectivity index (χ2v) is 9.66. The van der Waals surface area contributed by atoms with Crippen LogP contribution in [0.3, 0.4) is 0 Å². The van der Waals surface area contributed by atoms with Gasteiger partial charge in [0.15, 0.2) is 0 Å². The summed E-state index contributed by atoms with van der Waals surface area (Å²) in [5.41, 5.74) is 4.13. The molecule has 1 aliphatic heterocycles. The highest BCUT2D eigenvalue weighted by Crippen LogP contribution is 2.29. The molecule has 0 atom stereocenters. The highest BCUT2D eigenvalue weighted by atomic mass is 32.1. The average Bonchev–Trinajstić information content (AvgIpc) is 3.59. The standard InChI is InChI=1S/C25H27N5O3S/c1-16-2-5-20(23(32)27-24-28-29-25(34-24)30-10-12-33-13-11-30)14-21(16)18-6-8-19(9-7-18)22(31)26-15-17-3-4-17/h2,5-9,14,17H,3-4,10-13,15H2,1H3,(H,26,31)(H,27,28,32). The molecule has 2 N–H and O–H groups in total. The van der Waals surface area contributed by atoms with E-state index < -0.39 is 0 Å². The Morgan fingerprint density at radius 1 is 1.03 bits per heavy atom. The van der Waals surface area contributed by atoms with Crippen molar-refractivity contribution in [1.82, 2.24) is 15.5 Å². The fraction of sp³-hybridized carbons (Fsp3) is 0.360. The van der Waals surface area contributed by atoms with Crippen LogP contribution in [-0.2, 0) is 4.74 Å². The third-order valence-corrected chi connectivity index (χ3v) is 7.02. The minimum absolute atomic E-state index is 0.0446. The molecule has 2 fully saturated rings. The number of carbonyl (C=O) groups excluding carboxylic acids is 2. The summed E-state index contributed by atoms with van der Waals surface area (Å²) in [7, 11) is 0. The van der Waals surface area contributed by atoms with Crippen molar-refractivity contribution in [2.45, 2.75) is 19.8 Å². The Bertz CT molecular complexity index is 1180. The molecule has 2 aromatic carbocycles. The number of aryl methyl sites for hydroxylation is 1. The molecule has 1 aromatic heterocycles. The number of amides is 2. The van der Waals surface area contributed by atoms with Crippen LogP contribution in [0.25, 0.3) is 11.1 Å². The molecule has 0 radical (unpaired) electrons. The van der Waals surface area contributed by atoms with Crippen LogP contribution in [0.1, 0.15) is 39.1 Å². The predicted molar refractivity (Wildman–Crippen MR) is 133 cm³/mol. The van der Waals surface area contributed by atoms with Crippen molar-refractivity contribution in [3.05, 3.63) is 59.2 Å². The minimum atomic E-state index is -0.234. The SMILES string of the molecule is Cc1ccc(C(=O)Nc2nnc(N3CCOCC3)s2)cc1-c1ccc(C(=O)NCC2CC2)cc1. The van der Waals surface area contributed by atoms with Gasteiger partial charge in [-0.05, 0) is 66.6 Å². The number of morpholine rings is 1. The number of hydrogen-bond acceptors (Lipinski definition) is 7. The van der Waals surface area contributed by atoms with Gasteiger partial charge in [0.25, 0.3) is 11.8 Å². The van der Waals surface area contributed by atoms with Crippen LogP contribution in [-0.4, -0.2) is 54.9 Å². The van der Waals surface area contributed by atoms with E-state index in [1.807, 2.05) is 43.3 Å². The van der Waals surface area contributed by atoms with Gasteiger partial charge in [0.05, 0.1) is 13.2 Å². The topological polar surface area (TPSA) is 96.5 Å². The number of ether oxygens (including phenoxy) is 1. The number of nitrogens with zero attached hydrogens (tertiary/aromatic N) is 3. The van der Waals surface area contributed by atoms with E-state index in [0.29, 0.717) is 35.4 Å². The first kappa shape index (κ1) is 22.5. The van der Waals surface area contributed by atoms with Gasteiger partial charge in [0.1, 0.15) is 0 Å². The van der Waals surface area contributed by atoms with Crippen LogP contribution in [0, 0.1) is 12.8 Å². The second kappa shape index (κ2) is 9.90. The molecule has 0 bridgehead atoms. The summed E-state index contributed by atoms with van der Waals surface area (Å²) in [6.07, 6.45) is 2.41. The molecule has 0 spiro atoms. The number of carbonyl (C=O) groups is 2. The molecule has 1 saturated carbocycles. The first-order valence-electron chi connectivity index (χ1n) is 11.5. The Balaban J connectivity index is 1.27. The lowest BCUT2D eigenvalue weighted by atomic mass is 9.97. The zero-order valence-corrected chi connectivity index (χ0v) is 19.9. The first-order valence-corrected chi connectivity index (χ1v) is 12.4. The van der Waals surface area contributed by atoms with Crippen LogP contribution in [0.15, 0.2) is 42.5 Å². The third kappa shape index (κ3) is 5.26. The Labute approximate surface area is 202 Å². The van der Waals surface area contributed by atoms with Crippen LogP contribution < -0.4 is 15.5 Å². The Kier molecular flexibility index (Phi) is 6.55. The lowest BCUT2D eigenvalue weighted by molar-refractivity contribution is 0.0951. The minimum Gasteiger partial charge on any atom is -0.378 e. The van der Waals surface area contributed by atoms with Gasteiger partial charge in [0, 0.05) is 30.8 Å². The predicted octanol–water partition coefficient (Wildman–Crippen LogP) is 3.74. The summed E-state index contributed by atoms with van der Waals surface area (Å²) in [6, 6.07) is 13.1. The molecular formula is C25H27N5O3S. The van der Waals surface area contributed by atoms with Gasteiger partial charge in [-0.25, -0.2) is 0 Å². The number of aromatic nitrogens is 2. The van der Waals surface area contributed by atoms with E-state index in [2.05, 4.69) is 25.7 Å². The van der Waals surface area contributed by atoms with Gasteiger partial charge >= 0.3 is 0 Å². The molecule has 5 rings (SSSR count). The lowest BCUT2D eigenvalue weighted by Gasteiger charge is -2.25. The quantitative estimate of drug-likeness (QED) is 0.538. The van der Waals surface area contributed by atoms with E-state index in [1.54, 1.807) is 6.07 Å². The number of rotatable bonds is 7. The van der Waals surface area contributed by atoms with Crippen molar-refractivity contribution in [1.29, 1.82) is 0 Å². The smallest absolute Gasteiger partial charge is 0.257 e. The highest BCUT2D eigenvalue weighted by molar-refractivity contribution is 7.19. The Morgan fingerprint density at radius 2 is 1.76 bits per heavy atom. The van der Waals surface area contributed by atoms with Gasteiger partial charge in [-0.2, -0.15) is 0 Å². The van der Waals surface area contributed by atoms with E-state index in [1.165, 1.54) is 24.2 Å². The molecule has 34 heavy (non-hydrogen) atoms. The Hall–Kier alpha value is -3.30. The number of hydrogen-bond donors (Lipinski definition) is 2. The summed E-state index contributed by atoms with van der Waals surface area (Å²) in [5, 5.41) is 15.4. The van der Waals surface area contributed by atoms with Crippen molar-refractivity contribution < 1.29 is 14.3 Å². The van der Waals surface area contributed by atoms with E-state index in [9.17, 15) is 9.59 Å². The first-order chi connectivity index (χ1) is 16.6. The maximum atomic E-state index is 12.9. The number of nitrogens with one attached hydrogen (secondary N) is 2. The van der Waals surface area contributed by atoms with Crippen molar-refractivity contribution in [3.8, 4) is 11.1 Å². The van der Waals surface area contributed by atoms with E-state index in [-0.39, 0.29) is 11.8 Å².